The summed E-state index contributed by atoms with van der Waals surface area (Å²) in [5.41, 5.74) is 2.69. The Labute approximate surface area is 111 Å². The molecule has 0 aliphatic heterocycles. The second-order valence-electron chi connectivity index (χ2n) is 5.20. The summed E-state index contributed by atoms with van der Waals surface area (Å²) in [6.45, 7) is 5.94. The van der Waals surface area contributed by atoms with Gasteiger partial charge in [0, 0.05) is 6.61 Å². The lowest BCUT2D eigenvalue weighted by molar-refractivity contribution is 0.115. The molecule has 100 valence electrons. The normalized spacial score (nSPS) is 14.9. The largest absolute Gasteiger partial charge is 0.377 e. The first-order valence-electron chi connectivity index (χ1n) is 7.24. The molecule has 0 amide bonds. The van der Waals surface area contributed by atoms with Gasteiger partial charge in [-0.15, -0.1) is 0 Å². The molecule has 0 spiro atoms. The molecule has 1 fully saturated rings. The molecule has 0 saturated heterocycles. The zero-order chi connectivity index (χ0) is 12.6. The van der Waals surface area contributed by atoms with Crippen molar-refractivity contribution in [2.75, 3.05) is 19.7 Å². The van der Waals surface area contributed by atoms with Gasteiger partial charge in [0.1, 0.15) is 0 Å². The zero-order valence-corrected chi connectivity index (χ0v) is 11.5. The molecule has 2 nitrogen and oxygen atoms in total. The van der Waals surface area contributed by atoms with E-state index < -0.39 is 0 Å². The van der Waals surface area contributed by atoms with Gasteiger partial charge in [0.25, 0.3) is 0 Å². The van der Waals surface area contributed by atoms with Gasteiger partial charge >= 0.3 is 0 Å². The van der Waals surface area contributed by atoms with Crippen LogP contribution in [0.2, 0.25) is 0 Å². The molecule has 0 unspecified atom stereocenters. The van der Waals surface area contributed by atoms with Crippen LogP contribution in [0.25, 0.3) is 0 Å². The first-order chi connectivity index (χ1) is 8.88. The van der Waals surface area contributed by atoms with Crippen LogP contribution in [0.5, 0.6) is 0 Å². The highest BCUT2D eigenvalue weighted by molar-refractivity contribution is 5.22. The van der Waals surface area contributed by atoms with Crippen molar-refractivity contribution in [3.63, 3.8) is 0 Å². The summed E-state index contributed by atoms with van der Waals surface area (Å²) in [5, 5.41) is 3.35. The van der Waals surface area contributed by atoms with Crippen molar-refractivity contribution < 1.29 is 4.74 Å². The lowest BCUT2D eigenvalue weighted by atomic mass is 10.1. The topological polar surface area (TPSA) is 21.3 Å². The Bertz CT molecular complexity index is 329. The monoisotopic (exact) mass is 247 g/mol. The Hall–Kier alpha value is -0.860. The number of benzene rings is 1. The molecule has 0 heterocycles. The van der Waals surface area contributed by atoms with Crippen LogP contribution in [0.4, 0.5) is 0 Å². The van der Waals surface area contributed by atoms with E-state index in [4.69, 9.17) is 4.74 Å². The number of rotatable bonds is 9. The minimum Gasteiger partial charge on any atom is -0.377 e. The molecule has 1 aromatic rings. The van der Waals surface area contributed by atoms with Gasteiger partial charge in [0.05, 0.1) is 6.61 Å². The van der Waals surface area contributed by atoms with Crippen molar-refractivity contribution in [1.29, 1.82) is 0 Å². The van der Waals surface area contributed by atoms with Gasteiger partial charge in [0.15, 0.2) is 0 Å². The van der Waals surface area contributed by atoms with Crippen molar-refractivity contribution in [3.05, 3.63) is 35.4 Å². The van der Waals surface area contributed by atoms with Gasteiger partial charge in [-0.05, 0) is 43.0 Å². The van der Waals surface area contributed by atoms with E-state index in [9.17, 15) is 0 Å². The standard InChI is InChI=1S/C16H25NO/c1-2-17-11-9-14-5-7-16(8-6-14)13-18-12-10-15-3-4-15/h5-8,15,17H,2-4,9-13H2,1H3. The van der Waals surface area contributed by atoms with E-state index in [2.05, 4.69) is 36.5 Å². The molecule has 1 aliphatic rings. The van der Waals surface area contributed by atoms with Gasteiger partial charge in [-0.1, -0.05) is 44.0 Å². The molecule has 18 heavy (non-hydrogen) atoms. The molecule has 1 aliphatic carbocycles. The number of likely N-dealkylation sites (N-methyl/N-ethyl adjacent to an activating group) is 1. The Morgan fingerprint density at radius 2 is 1.89 bits per heavy atom. The van der Waals surface area contributed by atoms with E-state index in [1.54, 1.807) is 0 Å². The van der Waals surface area contributed by atoms with Gasteiger partial charge in [0.2, 0.25) is 0 Å². The molecule has 1 N–H and O–H groups in total. The van der Waals surface area contributed by atoms with E-state index in [0.717, 1.165) is 38.6 Å². The zero-order valence-electron chi connectivity index (χ0n) is 11.5. The third-order valence-corrected chi connectivity index (χ3v) is 3.50. The summed E-state index contributed by atoms with van der Waals surface area (Å²) < 4.78 is 5.70. The Morgan fingerprint density at radius 1 is 1.17 bits per heavy atom. The third-order valence-electron chi connectivity index (χ3n) is 3.50. The fourth-order valence-corrected chi connectivity index (χ4v) is 2.06. The van der Waals surface area contributed by atoms with E-state index in [1.807, 2.05) is 0 Å². The van der Waals surface area contributed by atoms with Crippen molar-refractivity contribution >= 4 is 0 Å². The Morgan fingerprint density at radius 3 is 2.56 bits per heavy atom. The lowest BCUT2D eigenvalue weighted by Gasteiger charge is -2.06. The molecule has 2 rings (SSSR count). The fraction of sp³-hybridized carbons (Fsp3) is 0.625. The smallest absolute Gasteiger partial charge is 0.0716 e. The molecule has 0 bridgehead atoms. The molecule has 0 aromatic heterocycles. The summed E-state index contributed by atoms with van der Waals surface area (Å²) in [6.07, 6.45) is 5.20. The highest BCUT2D eigenvalue weighted by Crippen LogP contribution is 2.32. The minimum atomic E-state index is 0.764. The molecule has 1 saturated carbocycles. The highest BCUT2D eigenvalue weighted by atomic mass is 16.5. The van der Waals surface area contributed by atoms with Crippen LogP contribution in [-0.4, -0.2) is 19.7 Å². The molecule has 2 heteroatoms. The average molecular weight is 247 g/mol. The van der Waals surface area contributed by atoms with E-state index in [0.29, 0.717) is 0 Å². The van der Waals surface area contributed by atoms with E-state index in [1.165, 1.54) is 30.4 Å². The van der Waals surface area contributed by atoms with Crippen LogP contribution in [0.3, 0.4) is 0 Å². The van der Waals surface area contributed by atoms with Crippen LogP contribution in [0, 0.1) is 5.92 Å². The number of hydrogen-bond acceptors (Lipinski definition) is 2. The van der Waals surface area contributed by atoms with Gasteiger partial charge < -0.3 is 10.1 Å². The third kappa shape index (κ3) is 5.19. The first-order valence-corrected chi connectivity index (χ1v) is 7.24. The van der Waals surface area contributed by atoms with Crippen LogP contribution in [-0.2, 0) is 17.8 Å². The van der Waals surface area contributed by atoms with Crippen molar-refractivity contribution in [1.82, 2.24) is 5.32 Å². The van der Waals surface area contributed by atoms with E-state index in [-0.39, 0.29) is 0 Å². The maximum Gasteiger partial charge on any atom is 0.0716 e. The van der Waals surface area contributed by atoms with Crippen molar-refractivity contribution in [2.24, 2.45) is 5.92 Å². The average Bonchev–Trinajstić information content (AvgIpc) is 3.21. The maximum atomic E-state index is 5.70. The number of hydrogen-bond donors (Lipinski definition) is 1. The SMILES string of the molecule is CCNCCc1ccc(COCCC2CC2)cc1. The predicted octanol–water partition coefficient (Wildman–Crippen LogP) is 3.16. The Balaban J connectivity index is 1.62. The molecule has 1 aromatic carbocycles. The summed E-state index contributed by atoms with van der Waals surface area (Å²) in [7, 11) is 0. The van der Waals surface area contributed by atoms with Gasteiger partial charge in [-0.2, -0.15) is 0 Å². The quantitative estimate of drug-likeness (QED) is 0.677. The molecule has 0 atom stereocenters. The molecular formula is C16H25NO. The van der Waals surface area contributed by atoms with Crippen LogP contribution >= 0.6 is 0 Å². The number of nitrogens with one attached hydrogen (secondary N) is 1. The predicted molar refractivity (Wildman–Crippen MR) is 75.7 cm³/mol. The first kappa shape index (κ1) is 13.6. The van der Waals surface area contributed by atoms with Crippen LogP contribution < -0.4 is 5.32 Å². The maximum absolute atomic E-state index is 5.70. The summed E-state index contributed by atoms with van der Waals surface area (Å²) >= 11 is 0. The summed E-state index contributed by atoms with van der Waals surface area (Å²) in [4.78, 5) is 0. The second kappa shape index (κ2) is 7.55. The van der Waals surface area contributed by atoms with Gasteiger partial charge in [-0.3, -0.25) is 0 Å². The second-order valence-corrected chi connectivity index (χ2v) is 5.20. The number of ether oxygens (including phenoxy) is 1. The lowest BCUT2D eigenvalue weighted by Crippen LogP contribution is -2.15. The Kier molecular flexibility index (Phi) is 5.69. The fourth-order valence-electron chi connectivity index (χ4n) is 2.06. The van der Waals surface area contributed by atoms with Crippen LogP contribution in [0.15, 0.2) is 24.3 Å². The van der Waals surface area contributed by atoms with Gasteiger partial charge in [-0.25, -0.2) is 0 Å². The van der Waals surface area contributed by atoms with Crippen LogP contribution in [0.1, 0.15) is 37.3 Å². The molecular weight excluding hydrogens is 222 g/mol. The van der Waals surface area contributed by atoms with Crippen molar-refractivity contribution in [2.45, 2.75) is 39.2 Å². The van der Waals surface area contributed by atoms with Crippen molar-refractivity contribution in [3.8, 4) is 0 Å². The summed E-state index contributed by atoms with van der Waals surface area (Å²) in [5.74, 6) is 0.971. The van der Waals surface area contributed by atoms with E-state index >= 15 is 0 Å². The summed E-state index contributed by atoms with van der Waals surface area (Å²) in [6, 6.07) is 8.82. The highest BCUT2D eigenvalue weighted by Gasteiger charge is 2.20. The minimum absolute atomic E-state index is 0.764. The molecule has 0 radical (unpaired) electrons.